The van der Waals surface area contributed by atoms with Crippen LogP contribution in [0.25, 0.3) is 0 Å². The van der Waals surface area contributed by atoms with Gasteiger partial charge in [-0.25, -0.2) is 0 Å². The van der Waals surface area contributed by atoms with Gasteiger partial charge in [0.1, 0.15) is 0 Å². The molecule has 0 aliphatic heterocycles. The third-order valence-electron chi connectivity index (χ3n) is 10.8. The lowest BCUT2D eigenvalue weighted by atomic mass is 9.45. The number of hydrogen-bond donors (Lipinski definition) is 1. The molecule has 0 amide bonds. The summed E-state index contributed by atoms with van der Waals surface area (Å²) in [5, 5.41) is 11.2. The highest BCUT2D eigenvalue weighted by Crippen LogP contribution is 2.81. The maximum Gasteiger partial charge on any atom is 0.308 e. The molecule has 0 heterocycles. The number of fused-ring (bicyclic) bond motifs is 4. The Kier molecular flexibility index (Phi) is 3.55. The van der Waals surface area contributed by atoms with Crippen LogP contribution in [0.3, 0.4) is 0 Å². The van der Waals surface area contributed by atoms with Crippen LogP contribution in [0.1, 0.15) is 72.1 Å². The average Bonchev–Trinajstić information content (AvgIpc) is 3.15. The molecule has 10 atom stereocenters. The van der Waals surface area contributed by atoms with E-state index in [-0.39, 0.29) is 28.8 Å². The summed E-state index contributed by atoms with van der Waals surface area (Å²) in [4.78, 5) is 12.2. The van der Waals surface area contributed by atoms with Crippen molar-refractivity contribution in [2.24, 2.45) is 51.8 Å². The molecule has 146 valence electrons. The van der Waals surface area contributed by atoms with Crippen molar-refractivity contribution in [1.82, 2.24) is 0 Å². The minimum atomic E-state index is -0.0827. The number of methoxy groups -OCH3 is 1. The molecule has 5 fully saturated rings. The van der Waals surface area contributed by atoms with Crippen LogP contribution in [0, 0.1) is 51.8 Å². The molecule has 3 heteroatoms. The van der Waals surface area contributed by atoms with Gasteiger partial charge in [-0.15, -0.1) is 0 Å². The number of aliphatic hydroxyl groups is 1. The van der Waals surface area contributed by atoms with Gasteiger partial charge in [0.15, 0.2) is 0 Å². The fraction of sp³-hybridized carbons (Fsp3) is 0.957. The third kappa shape index (κ3) is 1.82. The molecule has 1 spiro atoms. The van der Waals surface area contributed by atoms with Gasteiger partial charge in [0.25, 0.3) is 0 Å². The number of carbonyl (C=O) groups excluding carboxylic acids is 1. The molecule has 0 radical (unpaired) electrons. The Hall–Kier alpha value is -0.570. The van der Waals surface area contributed by atoms with Crippen molar-refractivity contribution in [2.45, 2.75) is 78.2 Å². The normalized spacial score (nSPS) is 58.2. The third-order valence-corrected chi connectivity index (χ3v) is 10.8. The van der Waals surface area contributed by atoms with Crippen LogP contribution < -0.4 is 0 Å². The topological polar surface area (TPSA) is 46.5 Å². The molecular weight excluding hydrogens is 324 g/mol. The highest BCUT2D eigenvalue weighted by molar-refractivity contribution is 5.72. The fourth-order valence-electron chi connectivity index (χ4n) is 9.52. The number of rotatable bonds is 2. The van der Waals surface area contributed by atoms with E-state index in [0.29, 0.717) is 23.2 Å². The van der Waals surface area contributed by atoms with Crippen LogP contribution in [-0.4, -0.2) is 24.3 Å². The Labute approximate surface area is 158 Å². The standard InChI is InChI=1S/C23H36O3/c1-13(20(25)26-4)16-5-6-17-15-11-19(24)23-12-14(23)7-10-22(23,3)18(15)8-9-21(16,17)2/h13-19,24H,5-12H2,1-4H3/t13-,14+,15-,16+,17-,18-,19+,21+,22+,23-/m0/s1. The van der Waals surface area contributed by atoms with Crippen molar-refractivity contribution in [2.75, 3.05) is 7.11 Å². The zero-order chi connectivity index (χ0) is 18.5. The first kappa shape index (κ1) is 17.5. The van der Waals surface area contributed by atoms with Crippen LogP contribution >= 0.6 is 0 Å². The molecule has 5 rings (SSSR count). The summed E-state index contributed by atoms with van der Waals surface area (Å²) in [6.07, 6.45) is 9.87. The molecule has 0 aromatic heterocycles. The Morgan fingerprint density at radius 2 is 1.88 bits per heavy atom. The zero-order valence-electron chi connectivity index (χ0n) is 17.0. The van der Waals surface area contributed by atoms with E-state index in [2.05, 4.69) is 20.8 Å². The van der Waals surface area contributed by atoms with Gasteiger partial charge in [0, 0.05) is 5.41 Å². The monoisotopic (exact) mass is 360 g/mol. The maximum absolute atomic E-state index is 12.2. The summed E-state index contributed by atoms with van der Waals surface area (Å²) < 4.78 is 5.09. The summed E-state index contributed by atoms with van der Waals surface area (Å²) in [7, 11) is 1.52. The molecule has 0 bridgehead atoms. The van der Waals surface area contributed by atoms with E-state index in [4.69, 9.17) is 4.74 Å². The lowest BCUT2D eigenvalue weighted by Gasteiger charge is -2.60. The fourth-order valence-corrected chi connectivity index (χ4v) is 9.52. The first-order chi connectivity index (χ1) is 12.3. The largest absolute Gasteiger partial charge is 0.469 e. The van der Waals surface area contributed by atoms with Crippen LogP contribution in [-0.2, 0) is 9.53 Å². The van der Waals surface area contributed by atoms with Gasteiger partial charge < -0.3 is 9.84 Å². The van der Waals surface area contributed by atoms with Crippen molar-refractivity contribution in [3.05, 3.63) is 0 Å². The minimum absolute atomic E-state index is 0.00119. The maximum atomic E-state index is 12.2. The quantitative estimate of drug-likeness (QED) is 0.741. The molecule has 5 saturated carbocycles. The van der Waals surface area contributed by atoms with Gasteiger partial charge in [-0.05, 0) is 91.8 Å². The first-order valence-corrected chi connectivity index (χ1v) is 11.1. The summed E-state index contributed by atoms with van der Waals surface area (Å²) in [6.45, 7) is 7.07. The van der Waals surface area contributed by atoms with Gasteiger partial charge in [-0.3, -0.25) is 4.79 Å². The van der Waals surface area contributed by atoms with Crippen LogP contribution in [0.15, 0.2) is 0 Å². The molecule has 0 unspecified atom stereocenters. The van der Waals surface area contributed by atoms with Crippen molar-refractivity contribution in [3.63, 3.8) is 0 Å². The number of hydrogen-bond acceptors (Lipinski definition) is 3. The predicted octanol–water partition coefficient (Wildman–Crippen LogP) is 4.43. The summed E-state index contributed by atoms with van der Waals surface area (Å²) in [6, 6.07) is 0. The number of aliphatic hydroxyl groups excluding tert-OH is 1. The molecule has 5 aliphatic rings. The van der Waals surface area contributed by atoms with Gasteiger partial charge in [0.2, 0.25) is 0 Å². The van der Waals surface area contributed by atoms with Crippen LogP contribution in [0.2, 0.25) is 0 Å². The van der Waals surface area contributed by atoms with Gasteiger partial charge in [-0.1, -0.05) is 20.8 Å². The van der Waals surface area contributed by atoms with E-state index < -0.39 is 0 Å². The molecule has 0 saturated heterocycles. The van der Waals surface area contributed by atoms with Gasteiger partial charge in [0.05, 0.1) is 19.1 Å². The van der Waals surface area contributed by atoms with Gasteiger partial charge >= 0.3 is 5.97 Å². The van der Waals surface area contributed by atoms with Gasteiger partial charge in [-0.2, -0.15) is 0 Å². The molecule has 3 nitrogen and oxygen atoms in total. The molecule has 0 aromatic carbocycles. The molecule has 0 aromatic rings. The predicted molar refractivity (Wildman–Crippen MR) is 100 cm³/mol. The van der Waals surface area contributed by atoms with E-state index in [1.54, 1.807) is 0 Å². The SMILES string of the molecule is COC(=O)[C@@H](C)[C@H]1CC[C@H]2[C@@H]3C[C@@H](O)[C@]45C[C@H]4CC[C@]5(C)[C@H]3CC[C@]12C. The first-order valence-electron chi connectivity index (χ1n) is 11.1. The molecule has 1 N–H and O–H groups in total. The lowest BCUT2D eigenvalue weighted by molar-refractivity contribution is -0.160. The molecule has 5 aliphatic carbocycles. The summed E-state index contributed by atoms with van der Waals surface area (Å²) in [5.41, 5.74) is 0.892. The van der Waals surface area contributed by atoms with E-state index in [1.807, 2.05) is 0 Å². The average molecular weight is 361 g/mol. The smallest absolute Gasteiger partial charge is 0.308 e. The second-order valence-corrected chi connectivity index (χ2v) is 11.1. The summed E-state index contributed by atoms with van der Waals surface area (Å²) >= 11 is 0. The highest BCUT2D eigenvalue weighted by Gasteiger charge is 2.77. The Morgan fingerprint density at radius 1 is 1.12 bits per heavy atom. The van der Waals surface area contributed by atoms with E-state index in [9.17, 15) is 9.90 Å². The number of ether oxygens (including phenoxy) is 1. The Bertz CT molecular complexity index is 631. The lowest BCUT2D eigenvalue weighted by Crippen LogP contribution is -2.56. The van der Waals surface area contributed by atoms with E-state index in [0.717, 1.165) is 24.7 Å². The van der Waals surface area contributed by atoms with Crippen LogP contribution in [0.5, 0.6) is 0 Å². The highest BCUT2D eigenvalue weighted by atomic mass is 16.5. The van der Waals surface area contributed by atoms with E-state index >= 15 is 0 Å². The Morgan fingerprint density at radius 3 is 2.58 bits per heavy atom. The van der Waals surface area contributed by atoms with Crippen molar-refractivity contribution < 1.29 is 14.6 Å². The number of esters is 1. The van der Waals surface area contributed by atoms with Crippen molar-refractivity contribution in [3.8, 4) is 0 Å². The summed E-state index contributed by atoms with van der Waals surface area (Å²) in [5.74, 6) is 3.36. The number of carbonyl (C=O) groups is 1. The minimum Gasteiger partial charge on any atom is -0.469 e. The second-order valence-electron chi connectivity index (χ2n) is 11.1. The molecule has 26 heavy (non-hydrogen) atoms. The Balaban J connectivity index is 1.46. The van der Waals surface area contributed by atoms with Crippen molar-refractivity contribution in [1.29, 1.82) is 0 Å². The van der Waals surface area contributed by atoms with E-state index in [1.165, 1.54) is 45.6 Å². The second kappa shape index (κ2) is 5.27. The molecular formula is C23H36O3. The van der Waals surface area contributed by atoms with Crippen LogP contribution in [0.4, 0.5) is 0 Å². The van der Waals surface area contributed by atoms with Crippen molar-refractivity contribution >= 4 is 5.97 Å². The zero-order valence-corrected chi connectivity index (χ0v) is 17.0.